The maximum Gasteiger partial charge on any atom is 0.406 e. The highest BCUT2D eigenvalue weighted by molar-refractivity contribution is 6.33. The van der Waals surface area contributed by atoms with E-state index in [-0.39, 0.29) is 17.2 Å². The van der Waals surface area contributed by atoms with Crippen LogP contribution in [0.15, 0.2) is 47.4 Å². The van der Waals surface area contributed by atoms with Crippen LogP contribution in [0.2, 0.25) is 10.0 Å². The Bertz CT molecular complexity index is 1310. The molecule has 3 aromatic heterocycles. The topological polar surface area (TPSA) is 65.1 Å². The van der Waals surface area contributed by atoms with Gasteiger partial charge < -0.3 is 0 Å². The Morgan fingerprint density at radius 3 is 2.47 bits per heavy atom. The summed E-state index contributed by atoms with van der Waals surface area (Å²) in [5, 5.41) is 5.01. The van der Waals surface area contributed by atoms with E-state index in [1.165, 1.54) is 13.1 Å². The SMILES string of the molecule is Cc1nc2c(-c3ccc(Cl)cn3)c(-c3ccccc3Cl)nn2c(=O)n1CC(F)(F)F. The Kier molecular flexibility index (Phi) is 5.03. The van der Waals surface area contributed by atoms with E-state index >= 15 is 0 Å². The average molecular weight is 454 g/mol. The largest absolute Gasteiger partial charge is 0.406 e. The lowest BCUT2D eigenvalue weighted by Crippen LogP contribution is -2.35. The molecular weight excluding hydrogens is 442 g/mol. The van der Waals surface area contributed by atoms with Gasteiger partial charge in [-0.3, -0.25) is 9.55 Å². The number of aromatic nitrogens is 5. The van der Waals surface area contributed by atoms with Gasteiger partial charge in [-0.1, -0.05) is 41.4 Å². The van der Waals surface area contributed by atoms with E-state index in [4.69, 9.17) is 23.2 Å². The molecule has 0 atom stereocenters. The standard InChI is InChI=1S/C19H12Cl2F3N5O/c1-10-26-17-15(14-7-6-11(20)8-25-14)16(12-4-2-3-5-13(12)21)27-29(17)18(30)28(10)9-19(22,23)24/h2-8H,9H2,1H3. The third-order valence-corrected chi connectivity index (χ3v) is 4.93. The van der Waals surface area contributed by atoms with Gasteiger partial charge in [-0.25, -0.2) is 9.78 Å². The first kappa shape index (κ1) is 20.4. The molecule has 0 bridgehead atoms. The van der Waals surface area contributed by atoms with Gasteiger partial charge in [-0.05, 0) is 25.1 Å². The maximum atomic E-state index is 12.9. The fraction of sp³-hybridized carbons (Fsp3) is 0.158. The third-order valence-electron chi connectivity index (χ3n) is 4.38. The lowest BCUT2D eigenvalue weighted by Gasteiger charge is -2.12. The van der Waals surface area contributed by atoms with Crippen molar-refractivity contribution in [1.29, 1.82) is 0 Å². The quantitative estimate of drug-likeness (QED) is 0.446. The number of alkyl halides is 3. The number of aryl methyl sites for hydroxylation is 1. The average Bonchev–Trinajstić information content (AvgIpc) is 3.04. The first-order chi connectivity index (χ1) is 14.2. The van der Waals surface area contributed by atoms with Crippen LogP contribution in [0.25, 0.3) is 28.2 Å². The Hall–Kier alpha value is -2.91. The molecule has 0 saturated heterocycles. The van der Waals surface area contributed by atoms with Gasteiger partial charge in [-0.15, -0.1) is 0 Å². The van der Waals surface area contributed by atoms with Crippen molar-refractivity contribution in [2.75, 3.05) is 0 Å². The number of hydrogen-bond acceptors (Lipinski definition) is 4. The van der Waals surface area contributed by atoms with Crippen molar-refractivity contribution < 1.29 is 13.2 Å². The van der Waals surface area contributed by atoms with E-state index < -0.39 is 18.4 Å². The van der Waals surface area contributed by atoms with Gasteiger partial charge in [0.2, 0.25) is 0 Å². The second-order valence-corrected chi connectivity index (χ2v) is 7.29. The minimum absolute atomic E-state index is 0.0701. The number of rotatable bonds is 3. The molecule has 0 aliphatic carbocycles. The zero-order valence-electron chi connectivity index (χ0n) is 15.3. The van der Waals surface area contributed by atoms with E-state index in [1.807, 2.05) is 0 Å². The monoisotopic (exact) mass is 453 g/mol. The predicted molar refractivity (Wildman–Crippen MR) is 107 cm³/mol. The second-order valence-electron chi connectivity index (χ2n) is 6.44. The van der Waals surface area contributed by atoms with Gasteiger partial charge in [0, 0.05) is 11.8 Å². The van der Waals surface area contributed by atoms with Crippen molar-refractivity contribution in [3.63, 3.8) is 0 Å². The summed E-state index contributed by atoms with van der Waals surface area (Å²) < 4.78 is 40.2. The van der Waals surface area contributed by atoms with Gasteiger partial charge in [-0.2, -0.15) is 22.8 Å². The van der Waals surface area contributed by atoms with Crippen molar-refractivity contribution in [3.8, 4) is 22.5 Å². The molecular formula is C19H12Cl2F3N5O. The second kappa shape index (κ2) is 7.41. The Labute approximate surface area is 177 Å². The molecule has 0 saturated carbocycles. The summed E-state index contributed by atoms with van der Waals surface area (Å²) in [5.74, 6) is -0.106. The van der Waals surface area contributed by atoms with Crippen molar-refractivity contribution in [2.24, 2.45) is 0 Å². The molecule has 30 heavy (non-hydrogen) atoms. The minimum atomic E-state index is -4.59. The molecule has 4 rings (SSSR count). The molecule has 0 fully saturated rings. The summed E-state index contributed by atoms with van der Waals surface area (Å²) in [4.78, 5) is 21.4. The predicted octanol–water partition coefficient (Wildman–Crippen LogP) is 4.80. The van der Waals surface area contributed by atoms with Crippen LogP contribution in [0.5, 0.6) is 0 Å². The Morgan fingerprint density at radius 2 is 1.83 bits per heavy atom. The smallest absolute Gasteiger partial charge is 0.271 e. The molecule has 11 heteroatoms. The fourth-order valence-electron chi connectivity index (χ4n) is 3.07. The van der Waals surface area contributed by atoms with Crippen LogP contribution < -0.4 is 5.69 Å². The lowest BCUT2D eigenvalue weighted by atomic mass is 10.0. The molecule has 6 nitrogen and oxygen atoms in total. The number of hydrogen-bond donors (Lipinski definition) is 0. The molecule has 0 aliphatic rings. The highest BCUT2D eigenvalue weighted by Crippen LogP contribution is 2.36. The van der Waals surface area contributed by atoms with Crippen LogP contribution in [-0.2, 0) is 6.54 Å². The number of fused-ring (bicyclic) bond motifs is 1. The van der Waals surface area contributed by atoms with Crippen molar-refractivity contribution >= 4 is 28.8 Å². The Balaban J connectivity index is 2.08. The molecule has 4 aromatic rings. The van der Waals surface area contributed by atoms with Gasteiger partial charge in [0.1, 0.15) is 18.1 Å². The van der Waals surface area contributed by atoms with E-state index in [1.54, 1.807) is 36.4 Å². The van der Waals surface area contributed by atoms with Crippen LogP contribution in [-0.4, -0.2) is 30.3 Å². The summed E-state index contributed by atoms with van der Waals surface area (Å²) in [6.45, 7) is -0.148. The minimum Gasteiger partial charge on any atom is -0.271 e. The van der Waals surface area contributed by atoms with Crippen LogP contribution in [0.1, 0.15) is 5.82 Å². The van der Waals surface area contributed by atoms with Crippen molar-refractivity contribution in [2.45, 2.75) is 19.6 Å². The Morgan fingerprint density at radius 1 is 1.10 bits per heavy atom. The van der Waals surface area contributed by atoms with Crippen LogP contribution in [0.3, 0.4) is 0 Å². The number of benzene rings is 1. The van der Waals surface area contributed by atoms with E-state index in [0.717, 1.165) is 4.52 Å². The summed E-state index contributed by atoms with van der Waals surface area (Å²) >= 11 is 12.2. The van der Waals surface area contributed by atoms with Crippen LogP contribution >= 0.6 is 23.2 Å². The van der Waals surface area contributed by atoms with Gasteiger partial charge in [0.25, 0.3) is 0 Å². The van der Waals surface area contributed by atoms with Crippen molar-refractivity contribution in [3.05, 3.63) is 68.9 Å². The molecule has 0 amide bonds. The molecule has 1 aromatic carbocycles. The summed E-state index contributed by atoms with van der Waals surface area (Å²) in [7, 11) is 0. The zero-order valence-corrected chi connectivity index (χ0v) is 16.8. The number of halogens is 5. The van der Waals surface area contributed by atoms with Crippen molar-refractivity contribution in [1.82, 2.24) is 24.1 Å². The fourth-order valence-corrected chi connectivity index (χ4v) is 3.41. The molecule has 154 valence electrons. The first-order valence-corrected chi connectivity index (χ1v) is 9.35. The van der Waals surface area contributed by atoms with Gasteiger partial charge >= 0.3 is 11.9 Å². The van der Waals surface area contributed by atoms with E-state index in [0.29, 0.717) is 31.4 Å². The normalized spacial score (nSPS) is 11.9. The summed E-state index contributed by atoms with van der Waals surface area (Å²) in [5.41, 5.74) is 0.604. The number of nitrogens with zero attached hydrogens (tertiary/aromatic N) is 5. The molecule has 0 radical (unpaired) electrons. The highest BCUT2D eigenvalue weighted by Gasteiger charge is 2.31. The lowest BCUT2D eigenvalue weighted by molar-refractivity contribution is -0.141. The molecule has 3 heterocycles. The van der Waals surface area contributed by atoms with Gasteiger partial charge in [0.05, 0.1) is 21.3 Å². The molecule has 0 spiro atoms. The van der Waals surface area contributed by atoms with Gasteiger partial charge in [0.15, 0.2) is 5.65 Å². The number of pyridine rings is 1. The highest BCUT2D eigenvalue weighted by atomic mass is 35.5. The first-order valence-electron chi connectivity index (χ1n) is 8.59. The summed E-state index contributed by atoms with van der Waals surface area (Å²) in [6, 6.07) is 9.98. The summed E-state index contributed by atoms with van der Waals surface area (Å²) in [6.07, 6.45) is -3.18. The molecule has 0 aliphatic heterocycles. The third kappa shape index (κ3) is 3.66. The van der Waals surface area contributed by atoms with E-state index in [2.05, 4.69) is 15.1 Å². The van der Waals surface area contributed by atoms with E-state index in [9.17, 15) is 18.0 Å². The molecule has 0 N–H and O–H groups in total. The van der Waals surface area contributed by atoms with Crippen LogP contribution in [0, 0.1) is 6.92 Å². The molecule has 0 unspecified atom stereocenters. The van der Waals surface area contributed by atoms with Crippen LogP contribution in [0.4, 0.5) is 13.2 Å². The maximum absolute atomic E-state index is 12.9. The zero-order chi connectivity index (χ0) is 21.6.